The smallest absolute Gasteiger partial charge is 0.126 e. The highest BCUT2D eigenvalue weighted by Gasteiger charge is 2.05. The van der Waals surface area contributed by atoms with Gasteiger partial charge < -0.3 is 10.2 Å². The van der Waals surface area contributed by atoms with Crippen molar-refractivity contribution in [3.8, 4) is 6.07 Å². The number of benzene rings is 1. The first kappa shape index (κ1) is 12.5. The molecule has 0 saturated carbocycles. The fraction of sp³-hybridized carbons (Fsp3) is 0.417. The van der Waals surface area contributed by atoms with E-state index in [4.69, 9.17) is 5.26 Å². The number of nitrogens with zero attached hydrogens (tertiary/aromatic N) is 2. The lowest BCUT2D eigenvalue weighted by Crippen LogP contribution is -2.29. The van der Waals surface area contributed by atoms with Crippen LogP contribution < -0.4 is 5.32 Å². The highest BCUT2D eigenvalue weighted by atomic mass is 19.1. The van der Waals surface area contributed by atoms with Crippen LogP contribution >= 0.6 is 0 Å². The maximum Gasteiger partial charge on any atom is 0.126 e. The largest absolute Gasteiger partial charge is 0.381 e. The molecule has 0 aromatic heterocycles. The van der Waals surface area contributed by atoms with Crippen molar-refractivity contribution in [1.82, 2.24) is 4.90 Å². The number of halogens is 1. The summed E-state index contributed by atoms with van der Waals surface area (Å²) in [6.45, 7) is 2.86. The molecule has 16 heavy (non-hydrogen) atoms. The van der Waals surface area contributed by atoms with Crippen molar-refractivity contribution >= 4 is 5.69 Å². The van der Waals surface area contributed by atoms with Crippen LogP contribution in [0.2, 0.25) is 0 Å². The number of rotatable bonds is 4. The molecule has 3 nitrogen and oxygen atoms in total. The molecule has 0 amide bonds. The molecule has 1 N–H and O–H groups in total. The van der Waals surface area contributed by atoms with Gasteiger partial charge in [0.2, 0.25) is 0 Å². The van der Waals surface area contributed by atoms with E-state index < -0.39 is 5.82 Å². The Morgan fingerprint density at radius 1 is 1.44 bits per heavy atom. The standard InChI is InChI=1S/C12H16FN3/c1-9(8-16(2)3)15-12-5-10(7-14)4-11(13)6-12/h4-6,9,15H,8H2,1-3H3. The van der Waals surface area contributed by atoms with Crippen LogP contribution in [0.4, 0.5) is 10.1 Å². The van der Waals surface area contributed by atoms with Gasteiger partial charge in [0.15, 0.2) is 0 Å². The minimum Gasteiger partial charge on any atom is -0.381 e. The lowest BCUT2D eigenvalue weighted by molar-refractivity contribution is 0.392. The van der Waals surface area contributed by atoms with Gasteiger partial charge in [0.25, 0.3) is 0 Å². The molecule has 0 saturated heterocycles. The number of hydrogen-bond acceptors (Lipinski definition) is 3. The maximum atomic E-state index is 13.1. The average Bonchev–Trinajstić information content (AvgIpc) is 2.14. The molecule has 0 radical (unpaired) electrons. The number of nitriles is 1. The quantitative estimate of drug-likeness (QED) is 0.845. The van der Waals surface area contributed by atoms with Crippen LogP contribution in [0.1, 0.15) is 12.5 Å². The number of anilines is 1. The van der Waals surface area contributed by atoms with Crippen LogP contribution in [-0.4, -0.2) is 31.6 Å². The maximum absolute atomic E-state index is 13.1. The van der Waals surface area contributed by atoms with Crippen molar-refractivity contribution in [3.05, 3.63) is 29.6 Å². The Morgan fingerprint density at radius 2 is 2.12 bits per heavy atom. The zero-order valence-corrected chi connectivity index (χ0v) is 9.79. The molecule has 86 valence electrons. The summed E-state index contributed by atoms with van der Waals surface area (Å²) < 4.78 is 13.1. The summed E-state index contributed by atoms with van der Waals surface area (Å²) in [7, 11) is 3.95. The second-order valence-corrected chi connectivity index (χ2v) is 4.15. The third-order valence-electron chi connectivity index (χ3n) is 2.08. The zero-order valence-electron chi connectivity index (χ0n) is 9.79. The van der Waals surface area contributed by atoms with Crippen LogP contribution in [0.5, 0.6) is 0 Å². The van der Waals surface area contributed by atoms with Gasteiger partial charge in [-0.3, -0.25) is 0 Å². The van der Waals surface area contributed by atoms with Crippen LogP contribution in [0.3, 0.4) is 0 Å². The van der Waals surface area contributed by atoms with Crippen molar-refractivity contribution in [2.45, 2.75) is 13.0 Å². The first-order valence-corrected chi connectivity index (χ1v) is 5.13. The highest BCUT2D eigenvalue weighted by Crippen LogP contribution is 2.14. The zero-order chi connectivity index (χ0) is 12.1. The number of hydrogen-bond donors (Lipinski definition) is 1. The lowest BCUT2D eigenvalue weighted by atomic mass is 10.2. The lowest BCUT2D eigenvalue weighted by Gasteiger charge is -2.19. The summed E-state index contributed by atoms with van der Waals surface area (Å²) in [5.74, 6) is -0.390. The summed E-state index contributed by atoms with van der Waals surface area (Å²) in [6.07, 6.45) is 0. The van der Waals surface area contributed by atoms with Crippen molar-refractivity contribution < 1.29 is 4.39 Å². The van der Waals surface area contributed by atoms with Crippen molar-refractivity contribution in [1.29, 1.82) is 5.26 Å². The van der Waals surface area contributed by atoms with Crippen molar-refractivity contribution in [2.75, 3.05) is 26.0 Å². The second kappa shape index (κ2) is 5.47. The summed E-state index contributed by atoms with van der Waals surface area (Å²) >= 11 is 0. The van der Waals surface area contributed by atoms with Crippen LogP contribution in [0, 0.1) is 17.1 Å². The van der Waals surface area contributed by atoms with Gasteiger partial charge in [-0.25, -0.2) is 4.39 Å². The minimum absolute atomic E-state index is 0.198. The molecule has 4 heteroatoms. The third-order valence-corrected chi connectivity index (χ3v) is 2.08. The van der Waals surface area contributed by atoms with Crippen LogP contribution in [0.15, 0.2) is 18.2 Å². The molecule has 0 aliphatic heterocycles. The summed E-state index contributed by atoms with van der Waals surface area (Å²) in [6, 6.07) is 6.40. The highest BCUT2D eigenvalue weighted by molar-refractivity contribution is 5.50. The van der Waals surface area contributed by atoms with Gasteiger partial charge in [0, 0.05) is 18.3 Å². The van der Waals surface area contributed by atoms with E-state index in [0.29, 0.717) is 11.3 Å². The fourth-order valence-electron chi connectivity index (χ4n) is 1.62. The van der Waals surface area contributed by atoms with E-state index in [0.717, 1.165) is 6.54 Å². The van der Waals surface area contributed by atoms with Gasteiger partial charge in [-0.1, -0.05) is 0 Å². The van der Waals surface area contributed by atoms with E-state index in [1.54, 1.807) is 6.07 Å². The predicted octanol–water partition coefficient (Wildman–Crippen LogP) is 2.06. The molecule has 1 atom stereocenters. The SMILES string of the molecule is CC(CN(C)C)Nc1cc(F)cc(C#N)c1. The van der Waals surface area contributed by atoms with Gasteiger partial charge in [0.05, 0.1) is 11.6 Å². The molecule has 0 bridgehead atoms. The molecule has 1 aromatic carbocycles. The molecule has 0 heterocycles. The molecular weight excluding hydrogens is 205 g/mol. The molecule has 0 spiro atoms. The minimum atomic E-state index is -0.390. The Bertz CT molecular complexity index is 396. The summed E-state index contributed by atoms with van der Waals surface area (Å²) in [5, 5.41) is 11.9. The van der Waals surface area contributed by atoms with Crippen LogP contribution in [0.25, 0.3) is 0 Å². The van der Waals surface area contributed by atoms with Crippen molar-refractivity contribution in [2.24, 2.45) is 0 Å². The van der Waals surface area contributed by atoms with E-state index >= 15 is 0 Å². The molecule has 1 aromatic rings. The Morgan fingerprint density at radius 3 is 2.69 bits per heavy atom. The molecule has 1 unspecified atom stereocenters. The van der Waals surface area contributed by atoms with Crippen LogP contribution in [-0.2, 0) is 0 Å². The topological polar surface area (TPSA) is 39.1 Å². The van der Waals surface area contributed by atoms with E-state index in [1.165, 1.54) is 12.1 Å². The normalized spacial score (nSPS) is 12.2. The second-order valence-electron chi connectivity index (χ2n) is 4.15. The van der Waals surface area contributed by atoms with E-state index in [9.17, 15) is 4.39 Å². The first-order valence-electron chi connectivity index (χ1n) is 5.13. The van der Waals surface area contributed by atoms with Crippen molar-refractivity contribution in [3.63, 3.8) is 0 Å². The summed E-state index contributed by atoms with van der Waals surface area (Å²) in [5.41, 5.74) is 0.977. The molecule has 0 aliphatic carbocycles. The van der Waals surface area contributed by atoms with Gasteiger partial charge in [-0.15, -0.1) is 0 Å². The Labute approximate surface area is 95.5 Å². The van der Waals surface area contributed by atoms with E-state index in [-0.39, 0.29) is 6.04 Å². The summed E-state index contributed by atoms with van der Waals surface area (Å²) in [4.78, 5) is 2.04. The monoisotopic (exact) mass is 221 g/mol. The molecule has 0 aliphatic rings. The average molecular weight is 221 g/mol. The van der Waals surface area contributed by atoms with E-state index in [1.807, 2.05) is 32.0 Å². The number of likely N-dealkylation sites (N-methyl/N-ethyl adjacent to an activating group) is 1. The van der Waals surface area contributed by atoms with Gasteiger partial charge >= 0.3 is 0 Å². The Kier molecular flexibility index (Phi) is 4.27. The first-order chi connectivity index (χ1) is 7.51. The molecule has 0 fully saturated rings. The fourth-order valence-corrected chi connectivity index (χ4v) is 1.62. The Balaban J connectivity index is 2.74. The Hall–Kier alpha value is -1.60. The predicted molar refractivity (Wildman–Crippen MR) is 62.8 cm³/mol. The number of nitrogens with one attached hydrogen (secondary N) is 1. The van der Waals surface area contributed by atoms with Gasteiger partial charge in [-0.05, 0) is 39.2 Å². The van der Waals surface area contributed by atoms with E-state index in [2.05, 4.69) is 5.32 Å². The van der Waals surface area contributed by atoms with Gasteiger partial charge in [-0.2, -0.15) is 5.26 Å². The molecular formula is C12H16FN3. The molecule has 1 rings (SSSR count). The third kappa shape index (κ3) is 3.87. The van der Waals surface area contributed by atoms with Gasteiger partial charge in [0.1, 0.15) is 5.82 Å².